The fourth-order valence-corrected chi connectivity index (χ4v) is 2.06. The third-order valence-electron chi connectivity index (χ3n) is 2.81. The molecule has 5 heteroatoms. The van der Waals surface area contributed by atoms with Gasteiger partial charge in [0, 0.05) is 10.0 Å². The Kier molecular flexibility index (Phi) is 4.98. The second-order valence-corrected chi connectivity index (χ2v) is 5.08. The Morgan fingerprint density at radius 1 is 1.15 bits per heavy atom. The Morgan fingerprint density at radius 3 is 2.60 bits per heavy atom. The van der Waals surface area contributed by atoms with Gasteiger partial charge in [-0.1, -0.05) is 28.1 Å². The SMILES string of the molecule is COc1cc(CO)ccc1OCc1ccc(Br)cc1F. The van der Waals surface area contributed by atoms with Gasteiger partial charge in [0.25, 0.3) is 0 Å². The first-order chi connectivity index (χ1) is 9.63. The number of ether oxygens (including phenoxy) is 2. The molecule has 2 rings (SSSR count). The molecule has 0 unspecified atom stereocenters. The lowest BCUT2D eigenvalue weighted by atomic mass is 10.2. The zero-order valence-electron chi connectivity index (χ0n) is 10.9. The highest BCUT2D eigenvalue weighted by Crippen LogP contribution is 2.29. The van der Waals surface area contributed by atoms with Crippen LogP contribution in [-0.4, -0.2) is 12.2 Å². The molecule has 0 bridgehead atoms. The molecular weight excluding hydrogens is 327 g/mol. The Bertz CT molecular complexity index is 602. The first kappa shape index (κ1) is 14.8. The van der Waals surface area contributed by atoms with E-state index in [1.54, 1.807) is 30.3 Å². The maximum atomic E-state index is 13.7. The van der Waals surface area contributed by atoms with Crippen LogP contribution in [0.1, 0.15) is 11.1 Å². The van der Waals surface area contributed by atoms with Crippen molar-refractivity contribution in [3.05, 3.63) is 57.8 Å². The minimum absolute atomic E-state index is 0.0714. The van der Waals surface area contributed by atoms with Gasteiger partial charge in [-0.3, -0.25) is 0 Å². The Labute approximate surface area is 125 Å². The van der Waals surface area contributed by atoms with Gasteiger partial charge in [0.15, 0.2) is 11.5 Å². The Balaban J connectivity index is 2.14. The molecule has 3 nitrogen and oxygen atoms in total. The highest BCUT2D eigenvalue weighted by Gasteiger charge is 2.08. The lowest BCUT2D eigenvalue weighted by Gasteiger charge is -2.12. The van der Waals surface area contributed by atoms with Crippen LogP contribution < -0.4 is 9.47 Å². The zero-order chi connectivity index (χ0) is 14.5. The summed E-state index contributed by atoms with van der Waals surface area (Å²) >= 11 is 3.21. The predicted molar refractivity (Wildman–Crippen MR) is 77.3 cm³/mol. The summed E-state index contributed by atoms with van der Waals surface area (Å²) in [4.78, 5) is 0. The molecule has 0 spiro atoms. The summed E-state index contributed by atoms with van der Waals surface area (Å²) in [6, 6.07) is 9.93. The number of aliphatic hydroxyl groups excluding tert-OH is 1. The van der Waals surface area contributed by atoms with Gasteiger partial charge in [0.05, 0.1) is 13.7 Å². The monoisotopic (exact) mass is 340 g/mol. The van der Waals surface area contributed by atoms with E-state index in [0.717, 1.165) is 5.56 Å². The van der Waals surface area contributed by atoms with Gasteiger partial charge in [-0.15, -0.1) is 0 Å². The molecule has 0 aliphatic heterocycles. The number of methoxy groups -OCH3 is 1. The van der Waals surface area contributed by atoms with Crippen molar-refractivity contribution in [1.82, 2.24) is 0 Å². The highest BCUT2D eigenvalue weighted by atomic mass is 79.9. The highest BCUT2D eigenvalue weighted by molar-refractivity contribution is 9.10. The van der Waals surface area contributed by atoms with Crippen molar-refractivity contribution in [2.75, 3.05) is 7.11 Å². The summed E-state index contributed by atoms with van der Waals surface area (Å²) in [5.74, 6) is 0.686. The summed E-state index contributed by atoms with van der Waals surface area (Å²) in [5.41, 5.74) is 1.19. The van der Waals surface area contributed by atoms with Crippen molar-refractivity contribution in [3.63, 3.8) is 0 Å². The molecule has 0 atom stereocenters. The van der Waals surface area contributed by atoms with E-state index >= 15 is 0 Å². The minimum Gasteiger partial charge on any atom is -0.493 e. The van der Waals surface area contributed by atoms with E-state index in [1.165, 1.54) is 13.2 Å². The van der Waals surface area contributed by atoms with Crippen LogP contribution in [0.5, 0.6) is 11.5 Å². The second kappa shape index (κ2) is 6.72. The average molecular weight is 341 g/mol. The van der Waals surface area contributed by atoms with E-state index in [4.69, 9.17) is 14.6 Å². The fraction of sp³-hybridized carbons (Fsp3) is 0.200. The summed E-state index contributed by atoms with van der Waals surface area (Å²) < 4.78 is 25.1. The molecule has 1 N–H and O–H groups in total. The van der Waals surface area contributed by atoms with Crippen LogP contribution in [-0.2, 0) is 13.2 Å². The van der Waals surface area contributed by atoms with E-state index in [2.05, 4.69) is 15.9 Å². The second-order valence-electron chi connectivity index (χ2n) is 4.17. The summed E-state index contributed by atoms with van der Waals surface area (Å²) in [5, 5.41) is 9.07. The van der Waals surface area contributed by atoms with Crippen LogP contribution in [0.15, 0.2) is 40.9 Å². The molecular formula is C15H14BrFO3. The number of hydrogen-bond acceptors (Lipinski definition) is 3. The molecule has 0 aliphatic carbocycles. The van der Waals surface area contributed by atoms with Crippen LogP contribution in [0.3, 0.4) is 0 Å². The lowest BCUT2D eigenvalue weighted by molar-refractivity contribution is 0.272. The van der Waals surface area contributed by atoms with Crippen LogP contribution in [0, 0.1) is 5.82 Å². The van der Waals surface area contributed by atoms with Gasteiger partial charge >= 0.3 is 0 Å². The third kappa shape index (κ3) is 3.49. The molecule has 0 fully saturated rings. The molecule has 0 saturated carbocycles. The zero-order valence-corrected chi connectivity index (χ0v) is 12.5. The van der Waals surface area contributed by atoms with Crippen LogP contribution in [0.2, 0.25) is 0 Å². The maximum Gasteiger partial charge on any atom is 0.161 e. The molecule has 0 radical (unpaired) electrons. The molecule has 106 valence electrons. The van der Waals surface area contributed by atoms with Crippen molar-refractivity contribution in [2.45, 2.75) is 13.2 Å². The van der Waals surface area contributed by atoms with E-state index in [1.807, 2.05) is 0 Å². The predicted octanol–water partition coefficient (Wildman–Crippen LogP) is 3.67. The molecule has 2 aromatic rings. The quantitative estimate of drug-likeness (QED) is 0.902. The topological polar surface area (TPSA) is 38.7 Å². The van der Waals surface area contributed by atoms with Crippen molar-refractivity contribution in [3.8, 4) is 11.5 Å². The molecule has 0 aliphatic rings. The molecule has 0 heterocycles. The van der Waals surface area contributed by atoms with Gasteiger partial charge in [-0.05, 0) is 29.8 Å². The van der Waals surface area contributed by atoms with Gasteiger partial charge in [-0.25, -0.2) is 4.39 Å². The normalized spacial score (nSPS) is 10.4. The van der Waals surface area contributed by atoms with Crippen molar-refractivity contribution >= 4 is 15.9 Å². The largest absolute Gasteiger partial charge is 0.493 e. The first-order valence-electron chi connectivity index (χ1n) is 5.98. The van der Waals surface area contributed by atoms with E-state index < -0.39 is 0 Å². The minimum atomic E-state index is -0.328. The molecule has 20 heavy (non-hydrogen) atoms. The Hall–Kier alpha value is -1.59. The van der Waals surface area contributed by atoms with Gasteiger partial charge in [0.2, 0.25) is 0 Å². The van der Waals surface area contributed by atoms with Gasteiger partial charge in [-0.2, -0.15) is 0 Å². The number of halogens is 2. The summed E-state index contributed by atoms with van der Waals surface area (Å²) in [6.45, 7) is 0.0337. The van der Waals surface area contributed by atoms with Crippen LogP contribution >= 0.6 is 15.9 Å². The first-order valence-corrected chi connectivity index (χ1v) is 6.78. The van der Waals surface area contributed by atoms with Crippen LogP contribution in [0.4, 0.5) is 4.39 Å². The standard InChI is InChI=1S/C15H14BrFO3/c1-19-15-6-10(8-18)2-5-14(15)20-9-11-3-4-12(16)7-13(11)17/h2-7,18H,8-9H2,1H3. The summed E-state index contributed by atoms with van der Waals surface area (Å²) in [6.07, 6.45) is 0. The van der Waals surface area contributed by atoms with Crippen molar-refractivity contribution in [2.24, 2.45) is 0 Å². The van der Waals surface area contributed by atoms with E-state index in [9.17, 15) is 4.39 Å². The number of benzene rings is 2. The van der Waals surface area contributed by atoms with Gasteiger partial charge < -0.3 is 14.6 Å². The molecule has 2 aromatic carbocycles. The number of hydrogen-bond donors (Lipinski definition) is 1. The third-order valence-corrected chi connectivity index (χ3v) is 3.30. The molecule has 0 amide bonds. The maximum absolute atomic E-state index is 13.7. The van der Waals surface area contributed by atoms with E-state index in [-0.39, 0.29) is 19.0 Å². The molecule has 0 aromatic heterocycles. The fourth-order valence-electron chi connectivity index (χ4n) is 1.72. The Morgan fingerprint density at radius 2 is 1.95 bits per heavy atom. The van der Waals surface area contributed by atoms with E-state index in [0.29, 0.717) is 21.5 Å². The van der Waals surface area contributed by atoms with Crippen molar-refractivity contribution in [1.29, 1.82) is 0 Å². The number of aliphatic hydroxyl groups is 1. The van der Waals surface area contributed by atoms with Crippen LogP contribution in [0.25, 0.3) is 0 Å². The molecule has 0 saturated heterocycles. The van der Waals surface area contributed by atoms with Gasteiger partial charge in [0.1, 0.15) is 12.4 Å². The summed E-state index contributed by atoms with van der Waals surface area (Å²) in [7, 11) is 1.52. The lowest BCUT2D eigenvalue weighted by Crippen LogP contribution is -2.00. The number of rotatable bonds is 5. The average Bonchev–Trinajstić information content (AvgIpc) is 2.46. The smallest absolute Gasteiger partial charge is 0.161 e. The van der Waals surface area contributed by atoms with Crippen molar-refractivity contribution < 1.29 is 19.0 Å².